The fraction of sp³-hybridized carbons (Fsp3) is 0.368. The molecule has 1 unspecified atom stereocenters. The summed E-state index contributed by atoms with van der Waals surface area (Å²) in [4.78, 5) is 7.26. The minimum atomic E-state index is 0.430. The molecule has 126 valence electrons. The minimum Gasteiger partial charge on any atom is -0.379 e. The van der Waals surface area contributed by atoms with Crippen molar-refractivity contribution in [3.05, 3.63) is 58.4 Å². The van der Waals surface area contributed by atoms with Crippen LogP contribution in [0.1, 0.15) is 16.5 Å². The van der Waals surface area contributed by atoms with Crippen LogP contribution < -0.4 is 5.32 Å². The molecule has 0 saturated carbocycles. The molecule has 3 aromatic rings. The van der Waals surface area contributed by atoms with Crippen molar-refractivity contribution in [2.45, 2.75) is 12.6 Å². The van der Waals surface area contributed by atoms with Gasteiger partial charge in [-0.3, -0.25) is 4.90 Å². The predicted octanol–water partition coefficient (Wildman–Crippen LogP) is 3.39. The highest BCUT2D eigenvalue weighted by molar-refractivity contribution is 7.10. The van der Waals surface area contributed by atoms with Gasteiger partial charge in [0.2, 0.25) is 0 Å². The normalized spacial score (nSPS) is 17.3. The standard InChI is InChI=1S/C19H23N3OS/c1-3-15(16-6-7-21-17(16)4-1)13-20-14-18(19-5-2-12-24-19)22-8-10-23-11-9-22/h1-7,12,18,20-21H,8-11,13-14H2. The summed E-state index contributed by atoms with van der Waals surface area (Å²) in [6, 6.07) is 13.4. The van der Waals surface area contributed by atoms with Crippen molar-refractivity contribution in [3.8, 4) is 0 Å². The molecule has 2 aromatic heterocycles. The Bertz CT molecular complexity index is 762. The molecule has 1 fully saturated rings. The van der Waals surface area contributed by atoms with Gasteiger partial charge in [0.1, 0.15) is 0 Å². The summed E-state index contributed by atoms with van der Waals surface area (Å²) in [5, 5.41) is 7.16. The van der Waals surface area contributed by atoms with Gasteiger partial charge in [-0.1, -0.05) is 18.2 Å². The molecule has 3 heterocycles. The third-order valence-electron chi connectivity index (χ3n) is 4.70. The van der Waals surface area contributed by atoms with E-state index in [1.54, 1.807) is 0 Å². The first-order valence-corrected chi connectivity index (χ1v) is 9.41. The number of H-pyrrole nitrogens is 1. The largest absolute Gasteiger partial charge is 0.379 e. The van der Waals surface area contributed by atoms with Gasteiger partial charge in [0.25, 0.3) is 0 Å². The number of benzene rings is 1. The smallest absolute Gasteiger partial charge is 0.0594 e. The van der Waals surface area contributed by atoms with Crippen molar-refractivity contribution in [2.24, 2.45) is 0 Å². The lowest BCUT2D eigenvalue weighted by Crippen LogP contribution is -2.42. The number of hydrogen-bond donors (Lipinski definition) is 2. The first kappa shape index (κ1) is 15.8. The van der Waals surface area contributed by atoms with Crippen LogP contribution in [-0.4, -0.2) is 42.7 Å². The summed E-state index contributed by atoms with van der Waals surface area (Å²) in [6.07, 6.45) is 2.01. The Balaban J connectivity index is 1.44. The van der Waals surface area contributed by atoms with Gasteiger partial charge in [-0.05, 0) is 29.1 Å². The van der Waals surface area contributed by atoms with E-state index in [9.17, 15) is 0 Å². The number of nitrogens with zero attached hydrogens (tertiary/aromatic N) is 1. The first-order chi connectivity index (χ1) is 11.9. The van der Waals surface area contributed by atoms with Crippen LogP contribution in [0.5, 0.6) is 0 Å². The van der Waals surface area contributed by atoms with Crippen molar-refractivity contribution >= 4 is 22.2 Å². The number of nitrogens with one attached hydrogen (secondary N) is 2. The number of aromatic nitrogens is 1. The Morgan fingerprint density at radius 3 is 2.92 bits per heavy atom. The van der Waals surface area contributed by atoms with E-state index in [1.165, 1.54) is 21.3 Å². The number of ether oxygens (including phenoxy) is 1. The number of fused-ring (bicyclic) bond motifs is 1. The highest BCUT2D eigenvalue weighted by Gasteiger charge is 2.23. The molecule has 4 nitrogen and oxygen atoms in total. The summed E-state index contributed by atoms with van der Waals surface area (Å²) < 4.78 is 5.52. The molecule has 24 heavy (non-hydrogen) atoms. The molecule has 1 saturated heterocycles. The van der Waals surface area contributed by atoms with Crippen LogP contribution in [0, 0.1) is 0 Å². The van der Waals surface area contributed by atoms with Crippen LogP contribution in [0.3, 0.4) is 0 Å². The number of hydrogen-bond acceptors (Lipinski definition) is 4. The maximum absolute atomic E-state index is 5.52. The van der Waals surface area contributed by atoms with Gasteiger partial charge in [0.15, 0.2) is 0 Å². The van der Waals surface area contributed by atoms with Crippen molar-refractivity contribution < 1.29 is 4.74 Å². The van der Waals surface area contributed by atoms with E-state index in [1.807, 2.05) is 17.5 Å². The van der Waals surface area contributed by atoms with Crippen molar-refractivity contribution in [1.29, 1.82) is 0 Å². The summed E-state index contributed by atoms with van der Waals surface area (Å²) in [5.74, 6) is 0. The van der Waals surface area contributed by atoms with Gasteiger partial charge >= 0.3 is 0 Å². The summed E-state index contributed by atoms with van der Waals surface area (Å²) >= 11 is 1.85. The Kier molecular flexibility index (Phi) is 4.94. The number of morpholine rings is 1. The third kappa shape index (κ3) is 3.39. The molecule has 0 aliphatic carbocycles. The number of thiophene rings is 1. The van der Waals surface area contributed by atoms with Crippen LogP contribution in [0.25, 0.3) is 10.9 Å². The molecule has 0 amide bonds. The molecule has 1 atom stereocenters. The lowest BCUT2D eigenvalue weighted by Gasteiger charge is -2.34. The number of rotatable bonds is 6. The molecule has 0 bridgehead atoms. The molecule has 2 N–H and O–H groups in total. The SMILES string of the molecule is c1csc(C(CNCc2cccc3[nH]ccc23)N2CCOCC2)c1. The Labute approximate surface area is 146 Å². The zero-order valence-corrected chi connectivity index (χ0v) is 14.5. The zero-order chi connectivity index (χ0) is 16.2. The summed E-state index contributed by atoms with van der Waals surface area (Å²) in [5.41, 5.74) is 2.55. The van der Waals surface area contributed by atoms with Crippen LogP contribution in [-0.2, 0) is 11.3 Å². The summed E-state index contributed by atoms with van der Waals surface area (Å²) in [6.45, 7) is 5.55. The third-order valence-corrected chi connectivity index (χ3v) is 5.67. The van der Waals surface area contributed by atoms with E-state index in [4.69, 9.17) is 4.74 Å². The molecule has 5 heteroatoms. The second-order valence-corrected chi connectivity index (χ2v) is 7.15. The molecule has 0 spiro atoms. The molecular formula is C19H23N3OS. The Morgan fingerprint density at radius 2 is 2.08 bits per heavy atom. The maximum Gasteiger partial charge on any atom is 0.0594 e. The second-order valence-electron chi connectivity index (χ2n) is 6.17. The average Bonchev–Trinajstić information content (AvgIpc) is 3.31. The van der Waals surface area contributed by atoms with E-state index in [-0.39, 0.29) is 0 Å². The van der Waals surface area contributed by atoms with E-state index >= 15 is 0 Å². The van der Waals surface area contributed by atoms with E-state index in [0.717, 1.165) is 39.4 Å². The Morgan fingerprint density at radius 1 is 1.17 bits per heavy atom. The summed E-state index contributed by atoms with van der Waals surface area (Å²) in [7, 11) is 0. The van der Waals surface area contributed by atoms with Crippen LogP contribution >= 0.6 is 11.3 Å². The van der Waals surface area contributed by atoms with E-state index in [0.29, 0.717) is 6.04 Å². The van der Waals surface area contributed by atoms with Crippen molar-refractivity contribution in [2.75, 3.05) is 32.8 Å². The van der Waals surface area contributed by atoms with Gasteiger partial charge in [-0.2, -0.15) is 0 Å². The fourth-order valence-corrected chi connectivity index (χ4v) is 4.29. The highest BCUT2D eigenvalue weighted by Crippen LogP contribution is 2.25. The lowest BCUT2D eigenvalue weighted by molar-refractivity contribution is 0.0168. The maximum atomic E-state index is 5.52. The lowest BCUT2D eigenvalue weighted by atomic mass is 10.1. The first-order valence-electron chi connectivity index (χ1n) is 8.53. The molecule has 4 rings (SSSR count). The molecule has 1 aliphatic rings. The fourth-order valence-electron chi connectivity index (χ4n) is 3.43. The highest BCUT2D eigenvalue weighted by atomic mass is 32.1. The number of aromatic amines is 1. The quantitative estimate of drug-likeness (QED) is 0.722. The van der Waals surface area contributed by atoms with Crippen LogP contribution in [0.4, 0.5) is 0 Å². The van der Waals surface area contributed by atoms with Gasteiger partial charge in [0.05, 0.1) is 19.3 Å². The molecule has 1 aromatic carbocycles. The van der Waals surface area contributed by atoms with Gasteiger partial charge in [-0.15, -0.1) is 11.3 Å². The van der Waals surface area contributed by atoms with Crippen molar-refractivity contribution in [3.63, 3.8) is 0 Å². The molecule has 0 radical (unpaired) electrons. The topological polar surface area (TPSA) is 40.3 Å². The Hall–Kier alpha value is -1.66. The van der Waals surface area contributed by atoms with Gasteiger partial charge in [-0.25, -0.2) is 0 Å². The van der Waals surface area contributed by atoms with Crippen molar-refractivity contribution in [1.82, 2.24) is 15.2 Å². The predicted molar refractivity (Wildman–Crippen MR) is 99.5 cm³/mol. The zero-order valence-electron chi connectivity index (χ0n) is 13.7. The minimum absolute atomic E-state index is 0.430. The van der Waals surface area contributed by atoms with Gasteiger partial charge in [0, 0.05) is 48.2 Å². The average molecular weight is 341 g/mol. The molecule has 1 aliphatic heterocycles. The van der Waals surface area contributed by atoms with Gasteiger partial charge < -0.3 is 15.0 Å². The van der Waals surface area contributed by atoms with Crippen LogP contribution in [0.2, 0.25) is 0 Å². The second kappa shape index (κ2) is 7.49. The van der Waals surface area contributed by atoms with Crippen LogP contribution in [0.15, 0.2) is 48.0 Å². The monoisotopic (exact) mass is 341 g/mol. The van der Waals surface area contributed by atoms with E-state index < -0.39 is 0 Å². The molecular weight excluding hydrogens is 318 g/mol. The van der Waals surface area contributed by atoms with E-state index in [2.05, 4.69) is 57.0 Å².